The molecule has 1 N–H and O–H groups in total. The lowest BCUT2D eigenvalue weighted by molar-refractivity contribution is 0.281. The van der Waals surface area contributed by atoms with Gasteiger partial charge in [0.15, 0.2) is 0 Å². The van der Waals surface area contributed by atoms with E-state index in [1.165, 1.54) is 5.56 Å². The van der Waals surface area contributed by atoms with Gasteiger partial charge in [-0.2, -0.15) is 0 Å². The minimum atomic E-state index is -0.0244. The molecule has 0 saturated heterocycles. The maximum absolute atomic E-state index is 8.95. The molecule has 0 aliphatic rings. The van der Waals surface area contributed by atoms with E-state index < -0.39 is 0 Å². The van der Waals surface area contributed by atoms with Gasteiger partial charge in [0, 0.05) is 15.1 Å². The van der Waals surface area contributed by atoms with Crippen molar-refractivity contribution >= 4 is 27.5 Å². The smallest absolute Gasteiger partial charge is 0.0707 e. The van der Waals surface area contributed by atoms with E-state index in [2.05, 4.69) is 22.9 Å². The van der Waals surface area contributed by atoms with Crippen LogP contribution in [0.5, 0.6) is 0 Å². The molecule has 0 atom stereocenters. The zero-order valence-electron chi connectivity index (χ0n) is 6.77. The Labute approximate surface area is 85.5 Å². The molecule has 0 amide bonds. The van der Waals surface area contributed by atoms with Crippen LogP contribution >= 0.6 is 27.5 Å². The molecule has 0 unspecified atom stereocenters. The number of hydrogen-bond donors (Lipinski definition) is 1. The molecule has 0 aliphatic heterocycles. The van der Waals surface area contributed by atoms with E-state index in [-0.39, 0.29) is 6.61 Å². The molecular weight excluding hydrogens is 239 g/mol. The summed E-state index contributed by atoms with van der Waals surface area (Å²) in [4.78, 5) is 0. The molecule has 1 nitrogen and oxygen atoms in total. The van der Waals surface area contributed by atoms with Crippen molar-refractivity contribution in [3.05, 3.63) is 32.8 Å². The lowest BCUT2D eigenvalue weighted by Gasteiger charge is -2.06. The standard InChI is InChI=1S/C9H10BrClO/c1-2-6-3-8(10)7(5-12)9(11)4-6/h3-4,12H,2,5H2,1H3. The second-order valence-electron chi connectivity index (χ2n) is 2.55. The first-order valence-corrected chi connectivity index (χ1v) is 4.93. The van der Waals surface area contributed by atoms with Crippen LogP contribution in [-0.2, 0) is 13.0 Å². The third-order valence-corrected chi connectivity index (χ3v) is 2.81. The van der Waals surface area contributed by atoms with Crippen LogP contribution in [0.15, 0.2) is 16.6 Å². The predicted octanol–water partition coefficient (Wildman–Crippen LogP) is 3.16. The third kappa shape index (κ3) is 2.00. The van der Waals surface area contributed by atoms with E-state index in [0.717, 1.165) is 16.5 Å². The number of benzene rings is 1. The molecule has 3 heteroatoms. The van der Waals surface area contributed by atoms with Crippen LogP contribution in [0.1, 0.15) is 18.1 Å². The highest BCUT2D eigenvalue weighted by molar-refractivity contribution is 9.10. The maximum atomic E-state index is 8.95. The highest BCUT2D eigenvalue weighted by Gasteiger charge is 2.05. The summed E-state index contributed by atoms with van der Waals surface area (Å²) in [6.45, 7) is 2.04. The van der Waals surface area contributed by atoms with E-state index in [0.29, 0.717) is 5.02 Å². The number of rotatable bonds is 2. The largest absolute Gasteiger partial charge is 0.392 e. The first kappa shape index (κ1) is 10.0. The fourth-order valence-electron chi connectivity index (χ4n) is 1.01. The number of hydrogen-bond acceptors (Lipinski definition) is 1. The summed E-state index contributed by atoms with van der Waals surface area (Å²) in [7, 11) is 0. The maximum Gasteiger partial charge on any atom is 0.0707 e. The van der Waals surface area contributed by atoms with Gasteiger partial charge in [-0.1, -0.05) is 34.5 Å². The summed E-state index contributed by atoms with van der Waals surface area (Å²) in [6, 6.07) is 3.87. The summed E-state index contributed by atoms with van der Waals surface area (Å²) in [5, 5.41) is 9.58. The van der Waals surface area contributed by atoms with E-state index in [4.69, 9.17) is 16.7 Å². The average molecular weight is 250 g/mol. The van der Waals surface area contributed by atoms with Gasteiger partial charge in [0.25, 0.3) is 0 Å². The Bertz CT molecular complexity index is 263. The molecular formula is C9H10BrClO. The van der Waals surface area contributed by atoms with Crippen molar-refractivity contribution in [2.75, 3.05) is 0 Å². The van der Waals surface area contributed by atoms with Gasteiger partial charge in [-0.05, 0) is 24.1 Å². The van der Waals surface area contributed by atoms with E-state index in [1.807, 2.05) is 12.1 Å². The number of aryl methyl sites for hydroxylation is 1. The zero-order chi connectivity index (χ0) is 9.14. The quantitative estimate of drug-likeness (QED) is 0.854. The van der Waals surface area contributed by atoms with Gasteiger partial charge in [-0.25, -0.2) is 0 Å². The molecule has 0 radical (unpaired) electrons. The summed E-state index contributed by atoms with van der Waals surface area (Å²) in [6.07, 6.45) is 0.948. The Morgan fingerprint density at radius 2 is 2.17 bits per heavy atom. The van der Waals surface area contributed by atoms with Crippen LogP contribution in [0.3, 0.4) is 0 Å². The lowest BCUT2D eigenvalue weighted by atomic mass is 10.1. The van der Waals surface area contributed by atoms with Gasteiger partial charge in [0.05, 0.1) is 6.61 Å². The van der Waals surface area contributed by atoms with Crippen molar-refractivity contribution in [3.8, 4) is 0 Å². The van der Waals surface area contributed by atoms with Crippen molar-refractivity contribution in [2.24, 2.45) is 0 Å². The molecule has 0 aromatic heterocycles. The van der Waals surface area contributed by atoms with Crippen molar-refractivity contribution in [2.45, 2.75) is 20.0 Å². The van der Waals surface area contributed by atoms with E-state index in [1.54, 1.807) is 0 Å². The lowest BCUT2D eigenvalue weighted by Crippen LogP contribution is -1.90. The number of aliphatic hydroxyl groups excluding tert-OH is 1. The van der Waals surface area contributed by atoms with E-state index in [9.17, 15) is 0 Å². The minimum absolute atomic E-state index is 0.0244. The Hall–Kier alpha value is -0.0500. The Balaban J connectivity index is 3.18. The summed E-state index contributed by atoms with van der Waals surface area (Å²) in [5.74, 6) is 0. The second-order valence-corrected chi connectivity index (χ2v) is 3.81. The third-order valence-electron chi connectivity index (χ3n) is 1.77. The van der Waals surface area contributed by atoms with Crippen molar-refractivity contribution in [1.29, 1.82) is 0 Å². The minimum Gasteiger partial charge on any atom is -0.392 e. The highest BCUT2D eigenvalue weighted by atomic mass is 79.9. The normalized spacial score (nSPS) is 10.3. The molecule has 0 fully saturated rings. The molecule has 1 aromatic rings. The van der Waals surface area contributed by atoms with Crippen LogP contribution in [0.2, 0.25) is 5.02 Å². The van der Waals surface area contributed by atoms with Crippen molar-refractivity contribution < 1.29 is 5.11 Å². The molecule has 12 heavy (non-hydrogen) atoms. The molecule has 0 bridgehead atoms. The first-order chi connectivity index (χ1) is 5.69. The van der Waals surface area contributed by atoms with Gasteiger partial charge in [-0.15, -0.1) is 0 Å². The Morgan fingerprint density at radius 3 is 2.58 bits per heavy atom. The van der Waals surface area contributed by atoms with Crippen LogP contribution < -0.4 is 0 Å². The molecule has 1 rings (SSSR count). The molecule has 1 aromatic carbocycles. The topological polar surface area (TPSA) is 20.2 Å². The zero-order valence-corrected chi connectivity index (χ0v) is 9.11. The fraction of sp³-hybridized carbons (Fsp3) is 0.333. The van der Waals surface area contributed by atoms with Crippen LogP contribution in [0.4, 0.5) is 0 Å². The van der Waals surface area contributed by atoms with Gasteiger partial charge in [0.2, 0.25) is 0 Å². The Kier molecular flexibility index (Phi) is 3.56. The van der Waals surface area contributed by atoms with Gasteiger partial charge in [0.1, 0.15) is 0 Å². The second kappa shape index (κ2) is 4.26. The van der Waals surface area contributed by atoms with E-state index >= 15 is 0 Å². The summed E-state index contributed by atoms with van der Waals surface area (Å²) in [5.41, 5.74) is 1.93. The monoisotopic (exact) mass is 248 g/mol. The molecule has 66 valence electrons. The fourth-order valence-corrected chi connectivity index (χ4v) is 2.06. The van der Waals surface area contributed by atoms with Gasteiger partial charge in [-0.3, -0.25) is 0 Å². The number of aliphatic hydroxyl groups is 1. The SMILES string of the molecule is CCc1cc(Cl)c(CO)c(Br)c1. The van der Waals surface area contributed by atoms with Crippen LogP contribution in [-0.4, -0.2) is 5.11 Å². The first-order valence-electron chi connectivity index (χ1n) is 3.76. The highest BCUT2D eigenvalue weighted by Crippen LogP contribution is 2.27. The predicted molar refractivity (Wildman–Crippen MR) is 54.5 cm³/mol. The summed E-state index contributed by atoms with van der Waals surface area (Å²) >= 11 is 9.28. The van der Waals surface area contributed by atoms with Crippen molar-refractivity contribution in [3.63, 3.8) is 0 Å². The molecule has 0 aliphatic carbocycles. The summed E-state index contributed by atoms with van der Waals surface area (Å²) < 4.78 is 0.884. The van der Waals surface area contributed by atoms with Crippen LogP contribution in [0.25, 0.3) is 0 Å². The Morgan fingerprint density at radius 1 is 1.50 bits per heavy atom. The molecule has 0 saturated carbocycles. The van der Waals surface area contributed by atoms with Gasteiger partial charge >= 0.3 is 0 Å². The van der Waals surface area contributed by atoms with Crippen molar-refractivity contribution in [1.82, 2.24) is 0 Å². The average Bonchev–Trinajstić information content (AvgIpc) is 2.03. The molecule has 0 heterocycles. The van der Waals surface area contributed by atoms with Crippen LogP contribution in [0, 0.1) is 0 Å². The number of halogens is 2. The molecule has 0 spiro atoms. The van der Waals surface area contributed by atoms with Gasteiger partial charge < -0.3 is 5.11 Å².